The van der Waals surface area contributed by atoms with Gasteiger partial charge in [-0.1, -0.05) is 17.3 Å². The number of amides is 1. The van der Waals surface area contributed by atoms with Crippen LogP contribution in [0.5, 0.6) is 0 Å². The third kappa shape index (κ3) is 5.51. The lowest BCUT2D eigenvalue weighted by molar-refractivity contribution is -0.121. The number of carbonyl (C=O) groups is 1. The van der Waals surface area contributed by atoms with Crippen LogP contribution in [0.1, 0.15) is 30.7 Å². The van der Waals surface area contributed by atoms with Gasteiger partial charge < -0.3 is 15.2 Å². The molecule has 0 saturated carbocycles. The Labute approximate surface area is 158 Å². The van der Waals surface area contributed by atoms with Gasteiger partial charge in [0.2, 0.25) is 17.6 Å². The molecule has 1 aromatic carbocycles. The summed E-state index contributed by atoms with van der Waals surface area (Å²) < 4.78 is 18.8. The molecule has 2 aromatic rings. The molecule has 2 N–H and O–H groups in total. The molecule has 0 aliphatic carbocycles. The Morgan fingerprint density at radius 1 is 1.46 bits per heavy atom. The van der Waals surface area contributed by atoms with E-state index in [1.165, 1.54) is 12.5 Å². The lowest BCUT2D eigenvalue weighted by atomic mass is 10.1. The lowest BCUT2D eigenvalue weighted by Crippen LogP contribution is -2.26. The summed E-state index contributed by atoms with van der Waals surface area (Å²) in [6.07, 6.45) is 2.85. The largest absolute Gasteiger partial charge is 0.356 e. The van der Waals surface area contributed by atoms with Crippen molar-refractivity contribution in [1.29, 1.82) is 0 Å². The second kappa shape index (κ2) is 9.64. The van der Waals surface area contributed by atoms with E-state index in [4.69, 9.17) is 4.52 Å². The van der Waals surface area contributed by atoms with E-state index in [0.29, 0.717) is 48.1 Å². The zero-order valence-electron chi connectivity index (χ0n) is 14.8. The maximum Gasteiger partial charge on any atom is 0.227 e. The van der Waals surface area contributed by atoms with Crippen LogP contribution >= 0.6 is 12.4 Å². The summed E-state index contributed by atoms with van der Waals surface area (Å²) in [4.78, 5) is 16.1. The van der Waals surface area contributed by atoms with Gasteiger partial charge in [0.25, 0.3) is 0 Å². The molecule has 1 amide bonds. The minimum Gasteiger partial charge on any atom is -0.356 e. The highest BCUT2D eigenvalue weighted by Crippen LogP contribution is 2.19. The molecule has 0 bridgehead atoms. The molecule has 1 aliphatic heterocycles. The van der Waals surface area contributed by atoms with Crippen LogP contribution in [0.3, 0.4) is 0 Å². The molecular formula is C18H24ClFN4O2. The number of rotatable bonds is 7. The minimum atomic E-state index is -0.305. The maximum atomic E-state index is 13.6. The van der Waals surface area contributed by atoms with E-state index < -0.39 is 0 Å². The third-order valence-corrected chi connectivity index (χ3v) is 4.50. The molecule has 1 fully saturated rings. The van der Waals surface area contributed by atoms with Crippen molar-refractivity contribution < 1.29 is 13.7 Å². The topological polar surface area (TPSA) is 80.0 Å². The van der Waals surface area contributed by atoms with Gasteiger partial charge in [0.1, 0.15) is 5.82 Å². The molecule has 2 heterocycles. The molecule has 0 radical (unpaired) electrons. The Kier molecular flexibility index (Phi) is 7.53. The highest BCUT2D eigenvalue weighted by molar-refractivity contribution is 5.85. The number of nitrogens with zero attached hydrogens (tertiary/aromatic N) is 2. The number of nitrogens with one attached hydrogen (secondary N) is 2. The first-order valence-corrected chi connectivity index (χ1v) is 8.68. The highest BCUT2D eigenvalue weighted by Gasteiger charge is 2.15. The zero-order chi connectivity index (χ0) is 17.6. The van der Waals surface area contributed by atoms with Crippen molar-refractivity contribution in [1.82, 2.24) is 20.8 Å². The number of aryl methyl sites for hydroxylation is 2. The Balaban J connectivity index is 0.00000243. The molecular weight excluding hydrogens is 359 g/mol. The molecule has 1 atom stereocenters. The van der Waals surface area contributed by atoms with Gasteiger partial charge in [-0.05, 0) is 50.4 Å². The first-order chi connectivity index (χ1) is 12.1. The number of aromatic nitrogens is 2. The van der Waals surface area contributed by atoms with Crippen molar-refractivity contribution in [2.75, 3.05) is 19.6 Å². The van der Waals surface area contributed by atoms with Crippen LogP contribution in [0.15, 0.2) is 22.7 Å². The number of hydrogen-bond donors (Lipinski definition) is 2. The molecule has 1 aliphatic rings. The fourth-order valence-electron chi connectivity index (χ4n) is 2.89. The Hall–Kier alpha value is -1.99. The van der Waals surface area contributed by atoms with Crippen LogP contribution in [0.2, 0.25) is 0 Å². The number of carbonyl (C=O) groups excluding carboxylic acids is 1. The summed E-state index contributed by atoms with van der Waals surface area (Å²) in [6, 6.07) is 4.81. The molecule has 1 saturated heterocycles. The van der Waals surface area contributed by atoms with Crippen molar-refractivity contribution in [2.24, 2.45) is 5.92 Å². The van der Waals surface area contributed by atoms with Crippen LogP contribution in [-0.4, -0.2) is 35.7 Å². The third-order valence-electron chi connectivity index (χ3n) is 4.50. The molecule has 142 valence electrons. The van der Waals surface area contributed by atoms with E-state index in [1.54, 1.807) is 19.1 Å². The monoisotopic (exact) mass is 382 g/mol. The van der Waals surface area contributed by atoms with Gasteiger partial charge in [-0.25, -0.2) is 4.39 Å². The van der Waals surface area contributed by atoms with Crippen molar-refractivity contribution in [3.05, 3.63) is 35.5 Å². The minimum absolute atomic E-state index is 0. The maximum absolute atomic E-state index is 13.6. The average Bonchev–Trinajstić information content (AvgIpc) is 3.27. The molecule has 1 unspecified atom stereocenters. The lowest BCUT2D eigenvalue weighted by Gasteiger charge is -2.08. The van der Waals surface area contributed by atoms with Gasteiger partial charge >= 0.3 is 0 Å². The average molecular weight is 383 g/mol. The van der Waals surface area contributed by atoms with E-state index in [0.717, 1.165) is 19.5 Å². The van der Waals surface area contributed by atoms with E-state index in [-0.39, 0.29) is 24.1 Å². The van der Waals surface area contributed by atoms with Crippen LogP contribution in [0.4, 0.5) is 4.39 Å². The van der Waals surface area contributed by atoms with E-state index in [9.17, 15) is 9.18 Å². The summed E-state index contributed by atoms with van der Waals surface area (Å²) in [5.74, 6) is 1.05. The molecule has 6 nitrogen and oxygen atoms in total. The molecule has 8 heteroatoms. The van der Waals surface area contributed by atoms with E-state index >= 15 is 0 Å². The SMILES string of the molecule is Cc1ccc(-c2noc(CCC(=O)NCCC3CCNC3)n2)cc1F.Cl. The van der Waals surface area contributed by atoms with Gasteiger partial charge in [0.15, 0.2) is 0 Å². The van der Waals surface area contributed by atoms with Gasteiger partial charge in [-0.3, -0.25) is 4.79 Å². The van der Waals surface area contributed by atoms with Crippen molar-refractivity contribution in [3.8, 4) is 11.4 Å². The highest BCUT2D eigenvalue weighted by atomic mass is 35.5. The van der Waals surface area contributed by atoms with Gasteiger partial charge in [0, 0.05) is 24.9 Å². The molecule has 0 spiro atoms. The summed E-state index contributed by atoms with van der Waals surface area (Å²) in [5, 5.41) is 10.1. The standard InChI is InChI=1S/C18H23FN4O2.ClH/c1-12-2-3-14(10-15(12)19)18-22-17(25-23-18)5-4-16(24)21-9-7-13-6-8-20-11-13;/h2-3,10,13,20H,4-9,11H2,1H3,(H,21,24);1H. The predicted molar refractivity (Wildman–Crippen MR) is 98.6 cm³/mol. The van der Waals surface area contributed by atoms with Crippen LogP contribution in [0, 0.1) is 18.7 Å². The first kappa shape index (κ1) is 20.3. The second-order valence-electron chi connectivity index (χ2n) is 6.47. The summed E-state index contributed by atoms with van der Waals surface area (Å²) in [6.45, 7) is 4.51. The Bertz CT molecular complexity index is 732. The van der Waals surface area contributed by atoms with Crippen LogP contribution in [0.25, 0.3) is 11.4 Å². The Morgan fingerprint density at radius 2 is 2.31 bits per heavy atom. The normalized spacial score (nSPS) is 16.3. The number of benzene rings is 1. The fourth-order valence-corrected chi connectivity index (χ4v) is 2.89. The fraction of sp³-hybridized carbons (Fsp3) is 0.500. The smallest absolute Gasteiger partial charge is 0.227 e. The summed E-state index contributed by atoms with van der Waals surface area (Å²) in [5.41, 5.74) is 1.13. The van der Waals surface area contributed by atoms with Crippen molar-refractivity contribution in [2.45, 2.75) is 32.6 Å². The van der Waals surface area contributed by atoms with E-state index in [1.807, 2.05) is 0 Å². The van der Waals surface area contributed by atoms with E-state index in [2.05, 4.69) is 20.8 Å². The van der Waals surface area contributed by atoms with Gasteiger partial charge in [-0.15, -0.1) is 12.4 Å². The quantitative estimate of drug-likeness (QED) is 0.769. The van der Waals surface area contributed by atoms with Crippen molar-refractivity contribution in [3.63, 3.8) is 0 Å². The predicted octanol–water partition coefficient (Wildman–Crippen LogP) is 2.65. The van der Waals surface area contributed by atoms with Gasteiger partial charge in [0.05, 0.1) is 0 Å². The van der Waals surface area contributed by atoms with Gasteiger partial charge in [-0.2, -0.15) is 4.98 Å². The van der Waals surface area contributed by atoms with Crippen molar-refractivity contribution >= 4 is 18.3 Å². The second-order valence-corrected chi connectivity index (χ2v) is 6.47. The number of halogens is 2. The Morgan fingerprint density at radius 3 is 3.04 bits per heavy atom. The summed E-state index contributed by atoms with van der Waals surface area (Å²) >= 11 is 0. The van der Waals surface area contributed by atoms with Crippen LogP contribution in [-0.2, 0) is 11.2 Å². The summed E-state index contributed by atoms with van der Waals surface area (Å²) in [7, 11) is 0. The molecule has 1 aromatic heterocycles. The zero-order valence-corrected chi connectivity index (χ0v) is 15.6. The first-order valence-electron chi connectivity index (χ1n) is 8.68. The molecule has 26 heavy (non-hydrogen) atoms. The van der Waals surface area contributed by atoms with Crippen LogP contribution < -0.4 is 10.6 Å². The number of hydrogen-bond acceptors (Lipinski definition) is 5. The molecule has 3 rings (SSSR count).